The van der Waals surface area contributed by atoms with Crippen molar-refractivity contribution in [3.63, 3.8) is 0 Å². The standard InChI is InChI=1S/C8H16S/c1-3-8-4-5-9-7(2)6-8/h7-8H,3-6H2,1-2H3/t7-,8?/m1/s1. The molecule has 0 aliphatic carbocycles. The Morgan fingerprint density at radius 3 is 2.78 bits per heavy atom. The summed E-state index contributed by atoms with van der Waals surface area (Å²) in [7, 11) is 0. The molecule has 1 heteroatoms. The van der Waals surface area contributed by atoms with Crippen LogP contribution >= 0.6 is 11.8 Å². The highest BCUT2D eigenvalue weighted by Crippen LogP contribution is 2.30. The van der Waals surface area contributed by atoms with Gasteiger partial charge in [0.05, 0.1) is 0 Å². The lowest BCUT2D eigenvalue weighted by atomic mass is 9.97. The van der Waals surface area contributed by atoms with Gasteiger partial charge in [-0.15, -0.1) is 0 Å². The Balaban J connectivity index is 2.23. The zero-order chi connectivity index (χ0) is 6.69. The largest absolute Gasteiger partial charge is 0.159 e. The number of rotatable bonds is 1. The molecule has 0 aromatic rings. The van der Waals surface area contributed by atoms with Crippen molar-refractivity contribution in [3.05, 3.63) is 0 Å². The zero-order valence-electron chi connectivity index (χ0n) is 6.39. The van der Waals surface area contributed by atoms with Gasteiger partial charge >= 0.3 is 0 Å². The summed E-state index contributed by atoms with van der Waals surface area (Å²) in [4.78, 5) is 0. The van der Waals surface area contributed by atoms with Crippen molar-refractivity contribution < 1.29 is 0 Å². The molecule has 1 saturated heterocycles. The maximum absolute atomic E-state index is 2.35. The van der Waals surface area contributed by atoms with Crippen LogP contribution < -0.4 is 0 Å². The van der Waals surface area contributed by atoms with Gasteiger partial charge in [0.15, 0.2) is 0 Å². The highest BCUT2D eigenvalue weighted by atomic mass is 32.2. The monoisotopic (exact) mass is 144 g/mol. The molecular formula is C8H16S. The average molecular weight is 144 g/mol. The van der Waals surface area contributed by atoms with Crippen LogP contribution in [0.25, 0.3) is 0 Å². The van der Waals surface area contributed by atoms with E-state index in [-0.39, 0.29) is 0 Å². The first kappa shape index (κ1) is 7.46. The molecule has 2 atom stereocenters. The highest BCUT2D eigenvalue weighted by molar-refractivity contribution is 7.99. The van der Waals surface area contributed by atoms with Crippen molar-refractivity contribution in [2.24, 2.45) is 5.92 Å². The van der Waals surface area contributed by atoms with Crippen molar-refractivity contribution in [2.45, 2.75) is 38.4 Å². The molecule has 0 saturated carbocycles. The summed E-state index contributed by atoms with van der Waals surface area (Å²) in [6, 6.07) is 0. The molecule has 0 spiro atoms. The molecule has 0 N–H and O–H groups in total. The Hall–Kier alpha value is 0.350. The van der Waals surface area contributed by atoms with Crippen LogP contribution in [0.15, 0.2) is 0 Å². The lowest BCUT2D eigenvalue weighted by Gasteiger charge is -2.24. The van der Waals surface area contributed by atoms with E-state index in [1.165, 1.54) is 25.0 Å². The summed E-state index contributed by atoms with van der Waals surface area (Å²) in [6.45, 7) is 4.67. The van der Waals surface area contributed by atoms with Crippen molar-refractivity contribution in [1.82, 2.24) is 0 Å². The molecule has 9 heavy (non-hydrogen) atoms. The van der Waals surface area contributed by atoms with Crippen molar-refractivity contribution in [1.29, 1.82) is 0 Å². The molecule has 1 aliphatic heterocycles. The summed E-state index contributed by atoms with van der Waals surface area (Å²) in [6.07, 6.45) is 4.32. The molecule has 0 nitrogen and oxygen atoms in total. The van der Waals surface area contributed by atoms with Gasteiger partial charge in [0, 0.05) is 5.25 Å². The lowest BCUT2D eigenvalue weighted by Crippen LogP contribution is -2.14. The predicted molar refractivity (Wildman–Crippen MR) is 44.9 cm³/mol. The number of hydrogen-bond donors (Lipinski definition) is 0. The van der Waals surface area contributed by atoms with Gasteiger partial charge in [-0.2, -0.15) is 11.8 Å². The third-order valence-electron chi connectivity index (χ3n) is 2.17. The van der Waals surface area contributed by atoms with Gasteiger partial charge in [-0.05, 0) is 24.5 Å². The second kappa shape index (κ2) is 3.50. The molecule has 0 amide bonds. The van der Waals surface area contributed by atoms with Crippen LogP contribution in [0, 0.1) is 5.92 Å². The minimum absolute atomic E-state index is 0.934. The van der Waals surface area contributed by atoms with E-state index in [4.69, 9.17) is 0 Å². The van der Waals surface area contributed by atoms with E-state index < -0.39 is 0 Å². The topological polar surface area (TPSA) is 0 Å². The second-order valence-electron chi connectivity index (χ2n) is 2.98. The van der Waals surface area contributed by atoms with Gasteiger partial charge in [0.25, 0.3) is 0 Å². The number of hydrogen-bond acceptors (Lipinski definition) is 1. The molecule has 1 unspecified atom stereocenters. The van der Waals surface area contributed by atoms with E-state index in [1.807, 2.05) is 0 Å². The Labute approximate surface area is 62.4 Å². The first-order valence-electron chi connectivity index (χ1n) is 3.94. The normalized spacial score (nSPS) is 36.7. The smallest absolute Gasteiger partial charge is 0.00213 e. The van der Waals surface area contributed by atoms with Gasteiger partial charge in [-0.1, -0.05) is 20.3 Å². The summed E-state index contributed by atoms with van der Waals surface area (Å²) in [5.41, 5.74) is 0. The van der Waals surface area contributed by atoms with Crippen molar-refractivity contribution in [3.8, 4) is 0 Å². The molecule has 0 aromatic carbocycles. The Morgan fingerprint density at radius 1 is 1.56 bits per heavy atom. The van der Waals surface area contributed by atoms with Crippen LogP contribution in [0.3, 0.4) is 0 Å². The minimum Gasteiger partial charge on any atom is -0.159 e. The summed E-state index contributed by atoms with van der Waals surface area (Å²) in [5, 5.41) is 0.934. The van der Waals surface area contributed by atoms with Gasteiger partial charge < -0.3 is 0 Å². The van der Waals surface area contributed by atoms with Gasteiger partial charge in [-0.25, -0.2) is 0 Å². The molecule has 0 aromatic heterocycles. The molecule has 0 bridgehead atoms. The van der Waals surface area contributed by atoms with E-state index in [2.05, 4.69) is 25.6 Å². The maximum Gasteiger partial charge on any atom is 0.00213 e. The van der Waals surface area contributed by atoms with Crippen LogP contribution in [0.1, 0.15) is 33.1 Å². The van der Waals surface area contributed by atoms with E-state index >= 15 is 0 Å². The van der Waals surface area contributed by atoms with Crippen molar-refractivity contribution in [2.75, 3.05) is 5.75 Å². The molecule has 54 valence electrons. The third-order valence-corrected chi connectivity index (χ3v) is 3.40. The second-order valence-corrected chi connectivity index (χ2v) is 4.53. The highest BCUT2D eigenvalue weighted by Gasteiger charge is 2.16. The van der Waals surface area contributed by atoms with Gasteiger partial charge in [0.2, 0.25) is 0 Å². The minimum atomic E-state index is 0.934. The van der Waals surface area contributed by atoms with E-state index in [9.17, 15) is 0 Å². The first-order chi connectivity index (χ1) is 4.33. The molecule has 1 rings (SSSR count). The van der Waals surface area contributed by atoms with E-state index in [0.29, 0.717) is 0 Å². The first-order valence-corrected chi connectivity index (χ1v) is 4.99. The van der Waals surface area contributed by atoms with Crippen molar-refractivity contribution >= 4 is 11.8 Å². The lowest BCUT2D eigenvalue weighted by molar-refractivity contribution is 0.447. The third kappa shape index (κ3) is 2.21. The fraction of sp³-hybridized carbons (Fsp3) is 1.00. The van der Waals surface area contributed by atoms with Crippen LogP contribution in [0.2, 0.25) is 0 Å². The average Bonchev–Trinajstić information content (AvgIpc) is 1.88. The molecular weight excluding hydrogens is 128 g/mol. The Kier molecular flexibility index (Phi) is 2.90. The van der Waals surface area contributed by atoms with Crippen LogP contribution in [-0.2, 0) is 0 Å². The van der Waals surface area contributed by atoms with Gasteiger partial charge in [-0.3, -0.25) is 0 Å². The summed E-state index contributed by atoms with van der Waals surface area (Å²) >= 11 is 2.14. The van der Waals surface area contributed by atoms with Crippen LogP contribution in [-0.4, -0.2) is 11.0 Å². The van der Waals surface area contributed by atoms with E-state index in [0.717, 1.165) is 11.2 Å². The van der Waals surface area contributed by atoms with Crippen LogP contribution in [0.5, 0.6) is 0 Å². The fourth-order valence-electron chi connectivity index (χ4n) is 1.46. The molecule has 1 aliphatic rings. The molecule has 1 fully saturated rings. The summed E-state index contributed by atoms with van der Waals surface area (Å²) in [5.74, 6) is 2.45. The summed E-state index contributed by atoms with van der Waals surface area (Å²) < 4.78 is 0. The number of thioether (sulfide) groups is 1. The predicted octanol–water partition coefficient (Wildman–Crippen LogP) is 2.93. The molecule has 0 radical (unpaired) electrons. The Bertz CT molecular complexity index is 80.6. The maximum atomic E-state index is 2.35. The zero-order valence-corrected chi connectivity index (χ0v) is 7.21. The molecule has 1 heterocycles. The van der Waals surface area contributed by atoms with E-state index in [1.54, 1.807) is 0 Å². The SMILES string of the molecule is CCC1CCS[C@H](C)C1. The van der Waals surface area contributed by atoms with Gasteiger partial charge in [0.1, 0.15) is 0 Å². The quantitative estimate of drug-likeness (QED) is 0.545. The Morgan fingerprint density at radius 2 is 2.33 bits per heavy atom. The van der Waals surface area contributed by atoms with Crippen LogP contribution in [0.4, 0.5) is 0 Å². The fourth-order valence-corrected chi connectivity index (χ4v) is 2.74.